The molecule has 1 aliphatic heterocycles. The van der Waals surface area contributed by atoms with Gasteiger partial charge in [0, 0.05) is 25.6 Å². The van der Waals surface area contributed by atoms with Crippen molar-refractivity contribution in [2.75, 3.05) is 13.1 Å². The normalized spacial score (nSPS) is 19.6. The quantitative estimate of drug-likeness (QED) is 0.914. The van der Waals surface area contributed by atoms with Crippen molar-refractivity contribution in [1.29, 1.82) is 0 Å². The number of benzene rings is 1. The summed E-state index contributed by atoms with van der Waals surface area (Å²) in [5, 5.41) is 10.9. The third-order valence-electron chi connectivity index (χ3n) is 4.81. The summed E-state index contributed by atoms with van der Waals surface area (Å²) in [4.78, 5) is 2.46. The van der Waals surface area contributed by atoms with Crippen LogP contribution in [0.3, 0.4) is 0 Å². The molecule has 1 aromatic rings. The van der Waals surface area contributed by atoms with Crippen LogP contribution in [-0.2, 0) is 6.42 Å². The van der Waals surface area contributed by atoms with Crippen LogP contribution in [0.4, 0.5) is 0 Å². The molecule has 0 radical (unpaired) electrons. The molecule has 0 spiro atoms. The van der Waals surface area contributed by atoms with Crippen LogP contribution >= 0.6 is 0 Å². The van der Waals surface area contributed by atoms with E-state index in [0.717, 1.165) is 32.4 Å². The summed E-state index contributed by atoms with van der Waals surface area (Å²) in [7, 11) is 0. The Morgan fingerprint density at radius 3 is 2.05 bits per heavy atom. The van der Waals surface area contributed by atoms with Gasteiger partial charge in [-0.3, -0.25) is 0 Å². The summed E-state index contributed by atoms with van der Waals surface area (Å²) >= 11 is 0. The zero-order chi connectivity index (χ0) is 14.9. The van der Waals surface area contributed by atoms with E-state index in [2.05, 4.69) is 51.7 Å². The third kappa shape index (κ3) is 3.42. The van der Waals surface area contributed by atoms with Gasteiger partial charge in [-0.05, 0) is 64.2 Å². The largest absolute Gasteiger partial charge is 0.389 e. The molecule has 1 aliphatic rings. The Labute approximate surface area is 123 Å². The molecular weight excluding hydrogens is 246 g/mol. The zero-order valence-electron chi connectivity index (χ0n) is 13.7. The molecule has 0 atom stereocenters. The van der Waals surface area contributed by atoms with Gasteiger partial charge in [0.2, 0.25) is 0 Å². The topological polar surface area (TPSA) is 23.5 Å². The molecule has 1 fully saturated rings. The smallest absolute Gasteiger partial charge is 0.0712 e. The number of likely N-dealkylation sites (tertiary alicyclic amines) is 1. The van der Waals surface area contributed by atoms with Crippen molar-refractivity contribution in [3.8, 4) is 0 Å². The number of aliphatic hydroxyl groups is 1. The Morgan fingerprint density at radius 2 is 1.60 bits per heavy atom. The highest BCUT2D eigenvalue weighted by Crippen LogP contribution is 2.30. The fourth-order valence-corrected chi connectivity index (χ4v) is 3.45. The van der Waals surface area contributed by atoms with Crippen LogP contribution in [0.2, 0.25) is 0 Å². The van der Waals surface area contributed by atoms with E-state index >= 15 is 0 Å². The molecule has 20 heavy (non-hydrogen) atoms. The Hall–Kier alpha value is -0.860. The first-order valence-electron chi connectivity index (χ1n) is 7.84. The van der Waals surface area contributed by atoms with Crippen LogP contribution in [0.1, 0.15) is 48.9 Å². The Morgan fingerprint density at radius 1 is 1.10 bits per heavy atom. The first-order valence-corrected chi connectivity index (χ1v) is 7.84. The fraction of sp³-hybridized carbons (Fsp3) is 0.667. The van der Waals surface area contributed by atoms with Crippen LogP contribution in [0, 0.1) is 20.8 Å². The van der Waals surface area contributed by atoms with Gasteiger partial charge in [-0.2, -0.15) is 0 Å². The van der Waals surface area contributed by atoms with Crippen LogP contribution in [-0.4, -0.2) is 34.7 Å². The minimum absolute atomic E-state index is 0.518. The summed E-state index contributed by atoms with van der Waals surface area (Å²) in [5.74, 6) is 0. The van der Waals surface area contributed by atoms with Crippen molar-refractivity contribution in [3.63, 3.8) is 0 Å². The SMILES string of the molecule is Cc1cc(C)c(CC2(O)CCN(C(C)C)CC2)c(C)c1. The van der Waals surface area contributed by atoms with Gasteiger partial charge in [-0.25, -0.2) is 0 Å². The summed E-state index contributed by atoms with van der Waals surface area (Å²) in [6, 6.07) is 5.05. The van der Waals surface area contributed by atoms with Gasteiger partial charge in [0.05, 0.1) is 5.60 Å². The van der Waals surface area contributed by atoms with Gasteiger partial charge in [-0.1, -0.05) is 17.7 Å². The van der Waals surface area contributed by atoms with Crippen molar-refractivity contribution in [2.45, 2.75) is 65.5 Å². The first kappa shape index (κ1) is 15.5. The molecule has 112 valence electrons. The summed E-state index contributed by atoms with van der Waals surface area (Å²) in [5.41, 5.74) is 4.78. The summed E-state index contributed by atoms with van der Waals surface area (Å²) < 4.78 is 0. The average molecular weight is 275 g/mol. The van der Waals surface area contributed by atoms with E-state index in [4.69, 9.17) is 0 Å². The number of rotatable bonds is 3. The highest BCUT2D eigenvalue weighted by atomic mass is 16.3. The molecule has 0 unspecified atom stereocenters. The maximum atomic E-state index is 10.9. The van der Waals surface area contributed by atoms with Gasteiger partial charge in [-0.15, -0.1) is 0 Å². The van der Waals surface area contributed by atoms with E-state index in [9.17, 15) is 5.11 Å². The molecule has 0 saturated carbocycles. The molecule has 0 aromatic heterocycles. The van der Waals surface area contributed by atoms with E-state index in [-0.39, 0.29) is 0 Å². The number of nitrogens with zero attached hydrogens (tertiary/aromatic N) is 1. The molecule has 1 heterocycles. The van der Waals surface area contributed by atoms with Crippen molar-refractivity contribution in [2.24, 2.45) is 0 Å². The lowest BCUT2D eigenvalue weighted by Crippen LogP contribution is -2.48. The monoisotopic (exact) mass is 275 g/mol. The Balaban J connectivity index is 2.11. The molecule has 0 bridgehead atoms. The highest BCUT2D eigenvalue weighted by Gasteiger charge is 2.33. The van der Waals surface area contributed by atoms with Crippen molar-refractivity contribution in [1.82, 2.24) is 4.90 Å². The lowest BCUT2D eigenvalue weighted by Gasteiger charge is -2.40. The minimum atomic E-state index is -0.518. The minimum Gasteiger partial charge on any atom is -0.389 e. The van der Waals surface area contributed by atoms with E-state index in [1.54, 1.807) is 0 Å². The second-order valence-corrected chi connectivity index (χ2v) is 6.91. The van der Waals surface area contributed by atoms with Gasteiger partial charge >= 0.3 is 0 Å². The number of aryl methyl sites for hydroxylation is 3. The van der Waals surface area contributed by atoms with Crippen LogP contribution in [0.15, 0.2) is 12.1 Å². The number of hydrogen-bond donors (Lipinski definition) is 1. The van der Waals surface area contributed by atoms with Crippen LogP contribution in [0.5, 0.6) is 0 Å². The van der Waals surface area contributed by atoms with E-state index in [1.807, 2.05) is 0 Å². The number of piperidine rings is 1. The molecule has 1 saturated heterocycles. The molecule has 2 nitrogen and oxygen atoms in total. The maximum Gasteiger partial charge on any atom is 0.0712 e. The van der Waals surface area contributed by atoms with Gasteiger partial charge in [0.15, 0.2) is 0 Å². The van der Waals surface area contributed by atoms with Crippen molar-refractivity contribution in [3.05, 3.63) is 34.4 Å². The van der Waals surface area contributed by atoms with E-state index in [1.165, 1.54) is 22.3 Å². The highest BCUT2D eigenvalue weighted by molar-refractivity contribution is 5.38. The third-order valence-corrected chi connectivity index (χ3v) is 4.81. The molecule has 2 rings (SSSR count). The van der Waals surface area contributed by atoms with Gasteiger partial charge in [0.25, 0.3) is 0 Å². The Kier molecular flexibility index (Phi) is 4.55. The van der Waals surface area contributed by atoms with E-state index < -0.39 is 5.60 Å². The van der Waals surface area contributed by atoms with Crippen molar-refractivity contribution < 1.29 is 5.11 Å². The molecule has 0 amide bonds. The summed E-state index contributed by atoms with van der Waals surface area (Å²) in [6.07, 6.45) is 2.58. The molecular formula is C18H29NO. The second-order valence-electron chi connectivity index (χ2n) is 6.91. The average Bonchev–Trinajstić information content (AvgIpc) is 2.34. The van der Waals surface area contributed by atoms with Gasteiger partial charge < -0.3 is 10.0 Å². The maximum absolute atomic E-state index is 10.9. The second kappa shape index (κ2) is 5.87. The first-order chi connectivity index (χ1) is 9.31. The van der Waals surface area contributed by atoms with Gasteiger partial charge in [0.1, 0.15) is 0 Å². The standard InChI is InChI=1S/C18H29NO/c1-13(2)19-8-6-18(20,7-9-19)12-17-15(4)10-14(3)11-16(17)5/h10-11,13,20H,6-9,12H2,1-5H3. The Bertz CT molecular complexity index is 447. The van der Waals surface area contributed by atoms with Crippen molar-refractivity contribution >= 4 is 0 Å². The molecule has 2 heteroatoms. The number of hydrogen-bond acceptors (Lipinski definition) is 2. The lowest BCUT2D eigenvalue weighted by molar-refractivity contribution is -0.0273. The van der Waals surface area contributed by atoms with Crippen LogP contribution < -0.4 is 0 Å². The van der Waals surface area contributed by atoms with E-state index in [0.29, 0.717) is 6.04 Å². The molecule has 0 aliphatic carbocycles. The lowest BCUT2D eigenvalue weighted by atomic mass is 9.82. The molecule has 1 N–H and O–H groups in total. The fourth-order valence-electron chi connectivity index (χ4n) is 3.45. The van der Waals surface area contributed by atoms with Crippen LogP contribution in [0.25, 0.3) is 0 Å². The molecule has 1 aromatic carbocycles. The predicted octanol–water partition coefficient (Wildman–Crippen LogP) is 3.39. The zero-order valence-corrected chi connectivity index (χ0v) is 13.7. The predicted molar refractivity (Wildman–Crippen MR) is 85.2 cm³/mol. The summed E-state index contributed by atoms with van der Waals surface area (Å²) in [6.45, 7) is 13.0.